The first-order valence-corrected chi connectivity index (χ1v) is 9.53. The Kier molecular flexibility index (Phi) is 4.68. The number of fused-ring (bicyclic) bond motifs is 1. The Hall–Kier alpha value is -2.34. The number of halogens is 1. The second-order valence-corrected chi connectivity index (χ2v) is 7.39. The molecular weight excluding hydrogens is 394 g/mol. The van der Waals surface area contributed by atoms with Gasteiger partial charge < -0.3 is 14.2 Å². The highest BCUT2D eigenvalue weighted by molar-refractivity contribution is 9.10. The Morgan fingerprint density at radius 1 is 1.15 bits per heavy atom. The van der Waals surface area contributed by atoms with Crippen LogP contribution in [-0.4, -0.2) is 40.6 Å². The molecule has 1 aliphatic heterocycles. The molecule has 0 bridgehead atoms. The van der Waals surface area contributed by atoms with Gasteiger partial charge in [0.2, 0.25) is 5.91 Å². The van der Waals surface area contributed by atoms with E-state index >= 15 is 0 Å². The maximum absolute atomic E-state index is 12.8. The zero-order valence-corrected chi connectivity index (χ0v) is 16.2. The molecule has 0 aliphatic carbocycles. The number of aromatic nitrogens is 2. The van der Waals surface area contributed by atoms with E-state index in [-0.39, 0.29) is 12.5 Å². The lowest BCUT2D eigenvalue weighted by atomic mass is 10.2. The lowest BCUT2D eigenvalue weighted by molar-refractivity contribution is -0.130. The lowest BCUT2D eigenvalue weighted by Crippen LogP contribution is -2.31. The first kappa shape index (κ1) is 17.1. The van der Waals surface area contributed by atoms with Crippen LogP contribution in [0.5, 0.6) is 5.75 Å². The number of carbonyl (C=O) groups is 1. The number of methoxy groups -OCH3 is 1. The third-order valence-corrected chi connectivity index (χ3v) is 5.34. The molecular formula is C20H20BrN3O2. The van der Waals surface area contributed by atoms with Gasteiger partial charge in [0.15, 0.2) is 0 Å². The first-order valence-electron chi connectivity index (χ1n) is 8.74. The second kappa shape index (κ2) is 7.11. The molecule has 5 nitrogen and oxygen atoms in total. The summed E-state index contributed by atoms with van der Waals surface area (Å²) in [4.78, 5) is 19.5. The van der Waals surface area contributed by atoms with Gasteiger partial charge in [-0.3, -0.25) is 4.79 Å². The standard InChI is InChI=1S/C20H20BrN3O2/c1-26-16-8-9-17-18(12-16)24(13-19(25)23-10-2-3-11-23)20(22-17)14-4-6-15(21)7-5-14/h4-9,12H,2-3,10-11,13H2,1H3. The molecule has 26 heavy (non-hydrogen) atoms. The maximum atomic E-state index is 12.8. The van der Waals surface area contributed by atoms with Crippen LogP contribution in [0.3, 0.4) is 0 Å². The summed E-state index contributed by atoms with van der Waals surface area (Å²) in [7, 11) is 1.65. The second-order valence-electron chi connectivity index (χ2n) is 6.47. The molecule has 1 aromatic heterocycles. The minimum absolute atomic E-state index is 0.142. The van der Waals surface area contributed by atoms with E-state index in [0.717, 1.165) is 58.6 Å². The van der Waals surface area contributed by atoms with Crippen molar-refractivity contribution in [1.82, 2.24) is 14.5 Å². The van der Waals surface area contributed by atoms with Crippen molar-refractivity contribution in [3.8, 4) is 17.1 Å². The highest BCUT2D eigenvalue weighted by Crippen LogP contribution is 2.29. The van der Waals surface area contributed by atoms with Gasteiger partial charge in [0.25, 0.3) is 0 Å². The quantitative estimate of drug-likeness (QED) is 0.646. The van der Waals surface area contributed by atoms with E-state index in [1.54, 1.807) is 7.11 Å². The monoisotopic (exact) mass is 413 g/mol. The third kappa shape index (κ3) is 3.21. The molecule has 1 amide bonds. The maximum Gasteiger partial charge on any atom is 0.242 e. The van der Waals surface area contributed by atoms with Crippen molar-refractivity contribution in [2.45, 2.75) is 19.4 Å². The number of hydrogen-bond acceptors (Lipinski definition) is 3. The number of carbonyl (C=O) groups excluding carboxylic acids is 1. The number of hydrogen-bond donors (Lipinski definition) is 0. The highest BCUT2D eigenvalue weighted by atomic mass is 79.9. The van der Waals surface area contributed by atoms with E-state index in [1.165, 1.54) is 0 Å². The van der Waals surface area contributed by atoms with Crippen LogP contribution in [0.1, 0.15) is 12.8 Å². The Bertz CT molecular complexity index is 944. The molecule has 0 radical (unpaired) electrons. The fourth-order valence-electron chi connectivity index (χ4n) is 3.41. The molecule has 0 spiro atoms. The fourth-order valence-corrected chi connectivity index (χ4v) is 3.68. The Balaban J connectivity index is 1.81. The summed E-state index contributed by atoms with van der Waals surface area (Å²) in [6.45, 7) is 1.99. The van der Waals surface area contributed by atoms with Crippen molar-refractivity contribution in [1.29, 1.82) is 0 Å². The van der Waals surface area contributed by atoms with E-state index in [2.05, 4.69) is 15.9 Å². The molecule has 3 aromatic rings. The third-order valence-electron chi connectivity index (χ3n) is 4.81. The van der Waals surface area contributed by atoms with Crippen LogP contribution in [0, 0.1) is 0 Å². The fraction of sp³-hybridized carbons (Fsp3) is 0.300. The minimum Gasteiger partial charge on any atom is -0.497 e. The normalized spacial score (nSPS) is 14.2. The topological polar surface area (TPSA) is 47.4 Å². The Morgan fingerprint density at radius 3 is 2.58 bits per heavy atom. The molecule has 2 aromatic carbocycles. The van der Waals surface area contributed by atoms with Crippen molar-refractivity contribution in [3.05, 3.63) is 46.9 Å². The van der Waals surface area contributed by atoms with Gasteiger partial charge in [0.1, 0.15) is 18.1 Å². The van der Waals surface area contributed by atoms with Gasteiger partial charge in [-0.15, -0.1) is 0 Å². The van der Waals surface area contributed by atoms with Crippen molar-refractivity contribution in [2.24, 2.45) is 0 Å². The van der Waals surface area contributed by atoms with Gasteiger partial charge >= 0.3 is 0 Å². The zero-order chi connectivity index (χ0) is 18.1. The first-order chi connectivity index (χ1) is 12.7. The van der Waals surface area contributed by atoms with Crippen LogP contribution in [0.2, 0.25) is 0 Å². The molecule has 1 aliphatic rings. The van der Waals surface area contributed by atoms with E-state index in [0.29, 0.717) is 0 Å². The van der Waals surface area contributed by atoms with Gasteiger partial charge in [0.05, 0.1) is 18.1 Å². The summed E-state index contributed by atoms with van der Waals surface area (Å²) in [5, 5.41) is 0. The van der Waals surface area contributed by atoms with E-state index in [4.69, 9.17) is 9.72 Å². The average molecular weight is 414 g/mol. The van der Waals surface area contributed by atoms with Gasteiger partial charge in [-0.2, -0.15) is 0 Å². The summed E-state index contributed by atoms with van der Waals surface area (Å²) in [6, 6.07) is 13.8. The minimum atomic E-state index is 0.142. The van der Waals surface area contributed by atoms with Gasteiger partial charge in [-0.25, -0.2) is 4.98 Å². The molecule has 0 unspecified atom stereocenters. The molecule has 134 valence electrons. The SMILES string of the molecule is COc1ccc2nc(-c3ccc(Br)cc3)n(CC(=O)N3CCCC3)c2c1. The molecule has 0 saturated carbocycles. The van der Waals surface area contributed by atoms with Crippen LogP contribution in [0.25, 0.3) is 22.4 Å². The smallest absolute Gasteiger partial charge is 0.242 e. The summed E-state index contributed by atoms with van der Waals surface area (Å²) in [5.41, 5.74) is 2.75. The molecule has 6 heteroatoms. The van der Waals surface area contributed by atoms with Crippen LogP contribution in [0.4, 0.5) is 0 Å². The van der Waals surface area contributed by atoms with Crippen molar-refractivity contribution >= 4 is 32.9 Å². The van der Waals surface area contributed by atoms with E-state index in [9.17, 15) is 4.79 Å². The van der Waals surface area contributed by atoms with E-state index in [1.807, 2.05) is 51.9 Å². The molecule has 0 N–H and O–H groups in total. The van der Waals surface area contributed by atoms with Crippen LogP contribution in [-0.2, 0) is 11.3 Å². The van der Waals surface area contributed by atoms with Gasteiger partial charge in [-0.05, 0) is 37.1 Å². The number of nitrogens with zero attached hydrogens (tertiary/aromatic N) is 3. The number of benzene rings is 2. The number of ether oxygens (including phenoxy) is 1. The molecule has 1 saturated heterocycles. The number of imidazole rings is 1. The highest BCUT2D eigenvalue weighted by Gasteiger charge is 2.21. The number of likely N-dealkylation sites (tertiary alicyclic amines) is 1. The lowest BCUT2D eigenvalue weighted by Gasteiger charge is -2.17. The molecule has 1 fully saturated rings. The van der Waals surface area contributed by atoms with Crippen molar-refractivity contribution in [2.75, 3.05) is 20.2 Å². The summed E-state index contributed by atoms with van der Waals surface area (Å²) < 4.78 is 8.38. The summed E-state index contributed by atoms with van der Waals surface area (Å²) in [5.74, 6) is 1.70. The van der Waals surface area contributed by atoms with Gasteiger partial charge in [0, 0.05) is 29.2 Å². The van der Waals surface area contributed by atoms with Gasteiger partial charge in [-0.1, -0.05) is 28.1 Å². The Morgan fingerprint density at radius 2 is 1.88 bits per heavy atom. The largest absolute Gasteiger partial charge is 0.497 e. The van der Waals surface area contributed by atoms with E-state index < -0.39 is 0 Å². The summed E-state index contributed by atoms with van der Waals surface area (Å²) in [6.07, 6.45) is 2.17. The predicted octanol–water partition coefficient (Wildman–Crippen LogP) is 4.10. The number of rotatable bonds is 4. The molecule has 4 rings (SSSR count). The van der Waals surface area contributed by atoms with Crippen LogP contribution < -0.4 is 4.74 Å². The Labute approximate surface area is 160 Å². The van der Waals surface area contributed by atoms with Crippen LogP contribution in [0.15, 0.2) is 46.9 Å². The zero-order valence-electron chi connectivity index (χ0n) is 14.6. The average Bonchev–Trinajstić information content (AvgIpc) is 3.31. The van der Waals surface area contributed by atoms with Crippen molar-refractivity contribution in [3.63, 3.8) is 0 Å². The molecule has 2 heterocycles. The number of amides is 1. The predicted molar refractivity (Wildman–Crippen MR) is 105 cm³/mol. The van der Waals surface area contributed by atoms with Crippen molar-refractivity contribution < 1.29 is 9.53 Å². The summed E-state index contributed by atoms with van der Waals surface area (Å²) >= 11 is 3.47. The van der Waals surface area contributed by atoms with Crippen LogP contribution >= 0.6 is 15.9 Å². The molecule has 0 atom stereocenters.